The Kier molecular flexibility index (Phi) is 6.28. The van der Waals surface area contributed by atoms with Crippen LogP contribution in [0, 0.1) is 0 Å². The normalized spacial score (nSPS) is 13.6. The second kappa shape index (κ2) is 9.28. The van der Waals surface area contributed by atoms with Crippen LogP contribution in [0.2, 0.25) is 0 Å². The summed E-state index contributed by atoms with van der Waals surface area (Å²) >= 11 is 3.30. The second-order valence-electron chi connectivity index (χ2n) is 7.27. The van der Waals surface area contributed by atoms with Gasteiger partial charge in [0.25, 0.3) is 11.8 Å². The van der Waals surface area contributed by atoms with Gasteiger partial charge >= 0.3 is 5.97 Å². The molecule has 0 spiro atoms. The van der Waals surface area contributed by atoms with Gasteiger partial charge in [0.1, 0.15) is 6.04 Å². The minimum atomic E-state index is -1.19. The number of benzene rings is 3. The summed E-state index contributed by atoms with van der Waals surface area (Å²) in [4.78, 5) is 52.3. The molecule has 0 N–H and O–H groups in total. The molecule has 0 saturated heterocycles. The Morgan fingerprint density at radius 2 is 1.38 bits per heavy atom. The molecular weight excluding hydrogens is 474 g/mol. The molecule has 7 heteroatoms. The van der Waals surface area contributed by atoms with Crippen LogP contribution in [-0.4, -0.2) is 41.1 Å². The molecular formula is C25H18BrNO5. The number of esters is 1. The van der Waals surface area contributed by atoms with Crippen LogP contribution in [0.3, 0.4) is 0 Å². The summed E-state index contributed by atoms with van der Waals surface area (Å²) < 4.78 is 6.10. The zero-order valence-electron chi connectivity index (χ0n) is 16.9. The molecule has 3 aromatic carbocycles. The van der Waals surface area contributed by atoms with Gasteiger partial charge in [0.05, 0.1) is 11.1 Å². The number of ether oxygens (including phenoxy) is 1. The minimum Gasteiger partial charge on any atom is -0.456 e. The van der Waals surface area contributed by atoms with Crippen molar-refractivity contribution in [3.63, 3.8) is 0 Å². The van der Waals surface area contributed by atoms with E-state index in [9.17, 15) is 19.2 Å². The molecule has 0 saturated carbocycles. The Bertz CT molecular complexity index is 1160. The SMILES string of the molecule is O=C(COC(=O)C(Cc1ccccc1)N1C(=O)c2ccccc2C1=O)c1ccc(Br)cc1. The van der Waals surface area contributed by atoms with Crippen LogP contribution >= 0.6 is 15.9 Å². The van der Waals surface area contributed by atoms with E-state index in [0.717, 1.165) is 14.9 Å². The van der Waals surface area contributed by atoms with Gasteiger partial charge in [-0.2, -0.15) is 0 Å². The number of hydrogen-bond donors (Lipinski definition) is 0. The molecule has 0 aromatic heterocycles. The molecule has 2 amide bonds. The first-order chi connectivity index (χ1) is 15.5. The Labute approximate surface area is 192 Å². The fourth-order valence-electron chi connectivity index (χ4n) is 3.56. The smallest absolute Gasteiger partial charge is 0.330 e. The molecule has 1 aliphatic heterocycles. The van der Waals surface area contributed by atoms with Gasteiger partial charge in [-0.05, 0) is 29.8 Å². The van der Waals surface area contributed by atoms with Crippen LogP contribution in [0.15, 0.2) is 83.3 Å². The molecule has 1 heterocycles. The van der Waals surface area contributed by atoms with Gasteiger partial charge in [-0.1, -0.05) is 70.5 Å². The maximum absolute atomic E-state index is 13.0. The van der Waals surface area contributed by atoms with E-state index in [1.165, 1.54) is 0 Å². The Balaban J connectivity index is 1.56. The van der Waals surface area contributed by atoms with E-state index in [4.69, 9.17) is 4.74 Å². The van der Waals surface area contributed by atoms with Crippen molar-refractivity contribution in [2.75, 3.05) is 6.61 Å². The maximum Gasteiger partial charge on any atom is 0.330 e. The summed E-state index contributed by atoms with van der Waals surface area (Å²) in [5.41, 5.74) is 1.63. The average molecular weight is 492 g/mol. The van der Waals surface area contributed by atoms with Crippen LogP contribution < -0.4 is 0 Å². The summed E-state index contributed by atoms with van der Waals surface area (Å²) in [6, 6.07) is 20.9. The molecule has 1 unspecified atom stereocenters. The van der Waals surface area contributed by atoms with Crippen molar-refractivity contribution in [3.8, 4) is 0 Å². The number of nitrogens with zero attached hydrogens (tertiary/aromatic N) is 1. The highest BCUT2D eigenvalue weighted by molar-refractivity contribution is 9.10. The van der Waals surface area contributed by atoms with Crippen LogP contribution in [0.5, 0.6) is 0 Å². The van der Waals surface area contributed by atoms with Crippen molar-refractivity contribution >= 4 is 39.5 Å². The lowest BCUT2D eigenvalue weighted by Gasteiger charge is -2.24. The molecule has 160 valence electrons. The van der Waals surface area contributed by atoms with E-state index in [0.29, 0.717) is 5.56 Å². The number of ketones is 1. The third kappa shape index (κ3) is 4.38. The van der Waals surface area contributed by atoms with Crippen LogP contribution in [0.25, 0.3) is 0 Å². The quantitative estimate of drug-likeness (QED) is 0.282. The van der Waals surface area contributed by atoms with Crippen molar-refractivity contribution in [3.05, 3.63) is 106 Å². The Morgan fingerprint density at radius 3 is 1.97 bits per heavy atom. The third-order valence-corrected chi connectivity index (χ3v) is 5.72. The summed E-state index contributed by atoms with van der Waals surface area (Å²) in [5.74, 6) is -2.30. The molecule has 0 bridgehead atoms. The predicted molar refractivity (Wildman–Crippen MR) is 120 cm³/mol. The zero-order chi connectivity index (χ0) is 22.7. The molecule has 4 rings (SSSR count). The number of Topliss-reactive ketones (excluding diaryl/α,β-unsaturated/α-hetero) is 1. The molecule has 6 nitrogen and oxygen atoms in total. The van der Waals surface area contributed by atoms with Crippen molar-refractivity contribution in [1.29, 1.82) is 0 Å². The lowest BCUT2D eigenvalue weighted by molar-refractivity contribution is -0.147. The molecule has 0 aliphatic carbocycles. The lowest BCUT2D eigenvalue weighted by atomic mass is 10.0. The van der Waals surface area contributed by atoms with Crippen molar-refractivity contribution in [1.82, 2.24) is 4.90 Å². The maximum atomic E-state index is 13.0. The first-order valence-electron chi connectivity index (χ1n) is 9.92. The number of rotatable bonds is 7. The zero-order valence-corrected chi connectivity index (χ0v) is 18.4. The fraction of sp³-hybridized carbons (Fsp3) is 0.120. The largest absolute Gasteiger partial charge is 0.456 e. The van der Waals surface area contributed by atoms with E-state index >= 15 is 0 Å². The number of imide groups is 1. The van der Waals surface area contributed by atoms with E-state index < -0.39 is 30.4 Å². The van der Waals surface area contributed by atoms with E-state index in [1.807, 2.05) is 6.07 Å². The van der Waals surface area contributed by atoms with E-state index in [2.05, 4.69) is 15.9 Å². The summed E-state index contributed by atoms with van der Waals surface area (Å²) in [7, 11) is 0. The van der Waals surface area contributed by atoms with Gasteiger partial charge in [-0.25, -0.2) is 4.79 Å². The number of carbonyl (C=O) groups excluding carboxylic acids is 4. The van der Waals surface area contributed by atoms with E-state index in [1.54, 1.807) is 72.8 Å². The Hall–Kier alpha value is -3.58. The standard InChI is InChI=1S/C25H18BrNO5/c26-18-12-10-17(11-13-18)22(28)15-32-25(31)21(14-16-6-2-1-3-7-16)27-23(29)19-8-4-5-9-20(19)24(27)30/h1-13,21H,14-15H2. The number of halogens is 1. The van der Waals surface area contributed by atoms with Crippen molar-refractivity contribution in [2.45, 2.75) is 12.5 Å². The van der Waals surface area contributed by atoms with Crippen LogP contribution in [-0.2, 0) is 16.0 Å². The lowest BCUT2D eigenvalue weighted by Crippen LogP contribution is -2.47. The van der Waals surface area contributed by atoms with Gasteiger partial charge in [0, 0.05) is 16.5 Å². The summed E-state index contributed by atoms with van der Waals surface area (Å²) in [6.45, 7) is -0.491. The van der Waals surface area contributed by atoms with Gasteiger partial charge in [-0.3, -0.25) is 19.3 Å². The van der Waals surface area contributed by atoms with Gasteiger partial charge in [0.15, 0.2) is 12.4 Å². The van der Waals surface area contributed by atoms with Crippen molar-refractivity contribution in [2.24, 2.45) is 0 Å². The van der Waals surface area contributed by atoms with Crippen molar-refractivity contribution < 1.29 is 23.9 Å². The summed E-state index contributed by atoms with van der Waals surface area (Å²) in [6.07, 6.45) is 0.0810. The van der Waals surface area contributed by atoms with E-state index in [-0.39, 0.29) is 23.3 Å². The predicted octanol–water partition coefficient (Wildman–Crippen LogP) is 4.08. The van der Waals surface area contributed by atoms with Crippen LogP contribution in [0.1, 0.15) is 36.6 Å². The number of carbonyl (C=O) groups is 4. The molecule has 0 fully saturated rings. The third-order valence-electron chi connectivity index (χ3n) is 5.19. The fourth-order valence-corrected chi connectivity index (χ4v) is 3.82. The molecule has 32 heavy (non-hydrogen) atoms. The topological polar surface area (TPSA) is 80.8 Å². The number of amides is 2. The highest BCUT2D eigenvalue weighted by Gasteiger charge is 2.43. The highest BCUT2D eigenvalue weighted by Crippen LogP contribution is 2.26. The molecule has 1 aliphatic rings. The summed E-state index contributed by atoms with van der Waals surface area (Å²) in [5, 5.41) is 0. The molecule has 1 atom stereocenters. The second-order valence-corrected chi connectivity index (χ2v) is 8.18. The number of hydrogen-bond acceptors (Lipinski definition) is 5. The number of fused-ring (bicyclic) bond motifs is 1. The average Bonchev–Trinajstić information content (AvgIpc) is 3.07. The first kappa shape index (κ1) is 21.6. The minimum absolute atomic E-state index is 0.0810. The van der Waals surface area contributed by atoms with Gasteiger partial charge in [0.2, 0.25) is 0 Å². The van der Waals surface area contributed by atoms with Gasteiger partial charge in [-0.15, -0.1) is 0 Å². The van der Waals surface area contributed by atoms with Crippen LogP contribution in [0.4, 0.5) is 0 Å². The van der Waals surface area contributed by atoms with Gasteiger partial charge < -0.3 is 4.74 Å². The Morgan fingerprint density at radius 1 is 0.812 bits per heavy atom. The first-order valence-corrected chi connectivity index (χ1v) is 10.7. The monoisotopic (exact) mass is 491 g/mol. The molecule has 3 aromatic rings. The highest BCUT2D eigenvalue weighted by atomic mass is 79.9. The molecule has 0 radical (unpaired) electrons.